The van der Waals surface area contributed by atoms with Crippen LogP contribution >= 0.6 is 0 Å². The molecule has 0 fully saturated rings. The predicted molar refractivity (Wildman–Crippen MR) is 81.1 cm³/mol. The Kier molecular flexibility index (Phi) is 5.87. The van der Waals surface area contributed by atoms with Gasteiger partial charge in [-0.2, -0.15) is 0 Å². The first-order valence-electron chi connectivity index (χ1n) is 7.32. The van der Waals surface area contributed by atoms with Crippen LogP contribution in [0.2, 0.25) is 0 Å². The van der Waals surface area contributed by atoms with Crippen molar-refractivity contribution in [2.75, 3.05) is 13.1 Å². The topological polar surface area (TPSA) is 12.0 Å². The zero-order valence-electron chi connectivity index (χ0n) is 12.7. The van der Waals surface area contributed by atoms with E-state index < -0.39 is 0 Å². The van der Waals surface area contributed by atoms with Crippen LogP contribution in [0.1, 0.15) is 51.7 Å². The molecule has 0 aromatic heterocycles. The summed E-state index contributed by atoms with van der Waals surface area (Å²) in [5.74, 6) is 0.717. The maximum Gasteiger partial charge on any atom is 0.00725 e. The number of hydrogen-bond acceptors (Lipinski definition) is 1. The maximum absolute atomic E-state index is 3.64. The van der Waals surface area contributed by atoms with Crippen molar-refractivity contribution in [3.8, 4) is 0 Å². The van der Waals surface area contributed by atoms with E-state index in [0.29, 0.717) is 5.41 Å². The highest BCUT2D eigenvalue weighted by Gasteiger charge is 2.27. The molecule has 0 unspecified atom stereocenters. The molecule has 0 saturated carbocycles. The predicted octanol–water partition coefficient (Wildman–Crippen LogP) is 4.30. The van der Waals surface area contributed by atoms with Crippen LogP contribution in [0.5, 0.6) is 0 Å². The zero-order valence-corrected chi connectivity index (χ0v) is 12.7. The van der Waals surface area contributed by atoms with Crippen LogP contribution in [0.15, 0.2) is 24.3 Å². The Hall–Kier alpha value is -0.820. The molecule has 0 bridgehead atoms. The van der Waals surface area contributed by atoms with E-state index in [2.05, 4.69) is 64.2 Å². The average molecular weight is 247 g/mol. The molecule has 1 aromatic rings. The number of nitrogens with one attached hydrogen (secondary N) is 1. The van der Waals surface area contributed by atoms with Gasteiger partial charge in [-0.3, -0.25) is 0 Å². The molecule has 1 heteroatoms. The summed E-state index contributed by atoms with van der Waals surface area (Å²) in [4.78, 5) is 0. The lowest BCUT2D eigenvalue weighted by atomic mass is 9.75. The molecule has 0 aliphatic rings. The summed E-state index contributed by atoms with van der Waals surface area (Å²) in [7, 11) is 0. The van der Waals surface area contributed by atoms with Crippen LogP contribution < -0.4 is 5.32 Å². The quantitative estimate of drug-likeness (QED) is 0.757. The fourth-order valence-electron chi connectivity index (χ4n) is 2.52. The Bertz CT molecular complexity index is 333. The molecule has 1 nitrogen and oxygen atoms in total. The number of benzene rings is 1. The molecule has 0 amide bonds. The van der Waals surface area contributed by atoms with E-state index in [0.717, 1.165) is 19.0 Å². The molecule has 0 heterocycles. The Morgan fingerprint density at radius 3 is 2.06 bits per heavy atom. The van der Waals surface area contributed by atoms with Gasteiger partial charge in [0.25, 0.3) is 0 Å². The minimum absolute atomic E-state index is 0.294. The molecule has 1 N–H and O–H groups in total. The molecule has 0 saturated heterocycles. The molecule has 102 valence electrons. The van der Waals surface area contributed by atoms with E-state index >= 15 is 0 Å². The summed E-state index contributed by atoms with van der Waals surface area (Å²) in [5, 5.41) is 3.64. The van der Waals surface area contributed by atoms with Crippen molar-refractivity contribution >= 4 is 0 Å². The van der Waals surface area contributed by atoms with Crippen LogP contribution in [0.3, 0.4) is 0 Å². The lowest BCUT2D eigenvalue weighted by molar-refractivity contribution is 0.359. The van der Waals surface area contributed by atoms with Crippen LogP contribution in [-0.4, -0.2) is 13.1 Å². The average Bonchev–Trinajstić information content (AvgIpc) is 2.36. The third kappa shape index (κ3) is 3.84. The number of hydrogen-bond donors (Lipinski definition) is 1. The van der Waals surface area contributed by atoms with Gasteiger partial charge >= 0.3 is 0 Å². The lowest BCUT2D eigenvalue weighted by Gasteiger charge is -2.33. The normalized spacial score (nSPS) is 12.1. The van der Waals surface area contributed by atoms with E-state index in [-0.39, 0.29) is 0 Å². The standard InChI is InChI=1S/C17H29N/c1-6-17(7-2,13-18-12-14(3)4)16-10-8-15(5)9-11-16/h8-11,14,18H,6-7,12-13H2,1-5H3. The highest BCUT2D eigenvalue weighted by molar-refractivity contribution is 5.29. The van der Waals surface area contributed by atoms with Crippen molar-refractivity contribution in [3.05, 3.63) is 35.4 Å². The van der Waals surface area contributed by atoms with Crippen LogP contribution in [0, 0.1) is 12.8 Å². The van der Waals surface area contributed by atoms with Crippen molar-refractivity contribution in [1.82, 2.24) is 5.32 Å². The van der Waals surface area contributed by atoms with Gasteiger partial charge in [0.05, 0.1) is 0 Å². The minimum atomic E-state index is 0.294. The second-order valence-electron chi connectivity index (χ2n) is 5.88. The van der Waals surface area contributed by atoms with E-state index in [9.17, 15) is 0 Å². The maximum atomic E-state index is 3.64. The number of rotatable bonds is 7. The molecule has 1 rings (SSSR count). The Morgan fingerprint density at radius 1 is 1.06 bits per heavy atom. The Labute approximate surface area is 113 Å². The van der Waals surface area contributed by atoms with Gasteiger partial charge in [-0.15, -0.1) is 0 Å². The zero-order chi connectivity index (χ0) is 13.6. The summed E-state index contributed by atoms with van der Waals surface area (Å²) in [5.41, 5.74) is 3.12. The van der Waals surface area contributed by atoms with Gasteiger partial charge in [0.1, 0.15) is 0 Å². The highest BCUT2D eigenvalue weighted by Crippen LogP contribution is 2.31. The van der Waals surface area contributed by atoms with Crippen molar-refractivity contribution in [2.45, 2.75) is 52.9 Å². The van der Waals surface area contributed by atoms with E-state index in [1.54, 1.807) is 0 Å². The van der Waals surface area contributed by atoms with Crippen LogP contribution in [0.4, 0.5) is 0 Å². The third-order valence-corrected chi connectivity index (χ3v) is 4.03. The van der Waals surface area contributed by atoms with Crippen molar-refractivity contribution < 1.29 is 0 Å². The number of aryl methyl sites for hydroxylation is 1. The highest BCUT2D eigenvalue weighted by atomic mass is 14.9. The monoisotopic (exact) mass is 247 g/mol. The molecule has 1 aromatic carbocycles. The van der Waals surface area contributed by atoms with Gasteiger partial charge in [0, 0.05) is 12.0 Å². The van der Waals surface area contributed by atoms with Gasteiger partial charge in [-0.25, -0.2) is 0 Å². The van der Waals surface area contributed by atoms with Crippen molar-refractivity contribution in [2.24, 2.45) is 5.92 Å². The van der Waals surface area contributed by atoms with Gasteiger partial charge in [0.2, 0.25) is 0 Å². The molecule has 18 heavy (non-hydrogen) atoms. The first-order chi connectivity index (χ1) is 8.54. The molecular formula is C17H29N. The summed E-state index contributed by atoms with van der Waals surface area (Å²) in [6, 6.07) is 9.08. The van der Waals surface area contributed by atoms with Gasteiger partial charge < -0.3 is 5.32 Å². The largest absolute Gasteiger partial charge is 0.316 e. The SMILES string of the molecule is CCC(CC)(CNCC(C)C)c1ccc(C)cc1. The lowest BCUT2D eigenvalue weighted by Crippen LogP contribution is -2.38. The van der Waals surface area contributed by atoms with Gasteiger partial charge in [-0.05, 0) is 37.8 Å². The molecular weight excluding hydrogens is 218 g/mol. The van der Waals surface area contributed by atoms with Crippen LogP contribution in [-0.2, 0) is 5.41 Å². The summed E-state index contributed by atoms with van der Waals surface area (Å²) < 4.78 is 0. The van der Waals surface area contributed by atoms with Crippen LogP contribution in [0.25, 0.3) is 0 Å². The fraction of sp³-hybridized carbons (Fsp3) is 0.647. The summed E-state index contributed by atoms with van der Waals surface area (Å²) >= 11 is 0. The van der Waals surface area contributed by atoms with E-state index in [4.69, 9.17) is 0 Å². The first-order valence-corrected chi connectivity index (χ1v) is 7.32. The second kappa shape index (κ2) is 6.94. The first kappa shape index (κ1) is 15.2. The fourth-order valence-corrected chi connectivity index (χ4v) is 2.52. The molecule has 0 aliphatic heterocycles. The molecule has 0 aliphatic carbocycles. The Balaban J connectivity index is 2.81. The second-order valence-corrected chi connectivity index (χ2v) is 5.88. The van der Waals surface area contributed by atoms with E-state index in [1.165, 1.54) is 24.0 Å². The molecule has 0 atom stereocenters. The van der Waals surface area contributed by atoms with E-state index in [1.807, 2.05) is 0 Å². The summed E-state index contributed by atoms with van der Waals surface area (Å²) in [6.45, 7) is 13.5. The van der Waals surface area contributed by atoms with Gasteiger partial charge in [-0.1, -0.05) is 57.5 Å². The van der Waals surface area contributed by atoms with Gasteiger partial charge in [0.15, 0.2) is 0 Å². The molecule has 0 spiro atoms. The Morgan fingerprint density at radius 2 is 1.61 bits per heavy atom. The summed E-state index contributed by atoms with van der Waals surface area (Å²) in [6.07, 6.45) is 2.38. The smallest absolute Gasteiger partial charge is 0.00725 e. The minimum Gasteiger partial charge on any atom is -0.316 e. The van der Waals surface area contributed by atoms with Crippen molar-refractivity contribution in [3.63, 3.8) is 0 Å². The molecule has 0 radical (unpaired) electrons. The third-order valence-electron chi connectivity index (χ3n) is 4.03. The van der Waals surface area contributed by atoms with Crippen molar-refractivity contribution in [1.29, 1.82) is 0 Å².